The summed E-state index contributed by atoms with van der Waals surface area (Å²) in [7, 11) is 0. The molecule has 0 spiro atoms. The number of carboxylic acids is 1. The number of pyridine rings is 2. The molecule has 3 N–H and O–H groups in total. The van der Waals surface area contributed by atoms with Crippen LogP contribution in [0.2, 0.25) is 0 Å². The summed E-state index contributed by atoms with van der Waals surface area (Å²) in [6.07, 6.45) is 2.25. The van der Waals surface area contributed by atoms with E-state index in [0.717, 1.165) is 16.7 Å². The summed E-state index contributed by atoms with van der Waals surface area (Å²) >= 11 is -1.30. The van der Waals surface area contributed by atoms with Gasteiger partial charge in [-0.15, -0.1) is 0 Å². The number of hydrogen-bond donors (Lipinski definition) is 2. The monoisotopic (exact) mass is 505 g/mol. The van der Waals surface area contributed by atoms with Crippen molar-refractivity contribution in [3.8, 4) is 17.2 Å². The molecule has 0 saturated heterocycles. The zero-order valence-electron chi connectivity index (χ0n) is 17.3. The Kier molecular flexibility index (Phi) is 5.95. The van der Waals surface area contributed by atoms with Gasteiger partial charge in [0.25, 0.3) is 0 Å². The number of hydrogen-bond acceptors (Lipinski definition) is 6. The number of fused-ring (bicyclic) bond motifs is 1. The summed E-state index contributed by atoms with van der Waals surface area (Å²) < 4.78 is 15.1. The average Bonchev–Trinajstić information content (AvgIpc) is 2.79. The zero-order valence-corrected chi connectivity index (χ0v) is 19.4. The number of rotatable bonds is 5. The van der Waals surface area contributed by atoms with Crippen molar-refractivity contribution in [1.29, 1.82) is 5.26 Å². The third-order valence-electron chi connectivity index (χ3n) is 5.19. The molecule has 8 nitrogen and oxygen atoms in total. The topological polar surface area (TPSA) is 134 Å². The number of nitriles is 1. The molecular weight excluding hydrogens is 488 g/mol. The van der Waals surface area contributed by atoms with Crippen molar-refractivity contribution in [2.45, 2.75) is 11.6 Å². The molecule has 33 heavy (non-hydrogen) atoms. The summed E-state index contributed by atoms with van der Waals surface area (Å²) in [4.78, 5) is 34.0. The number of nitrogens with two attached hydrogens (primary N) is 1. The van der Waals surface area contributed by atoms with Crippen LogP contribution in [-0.4, -0.2) is 41.2 Å². The van der Waals surface area contributed by atoms with Crippen LogP contribution in [0.4, 0.5) is 10.2 Å². The van der Waals surface area contributed by atoms with Gasteiger partial charge < -0.3 is 0 Å². The second-order valence-electron chi connectivity index (χ2n) is 7.20. The predicted octanol–water partition coefficient (Wildman–Crippen LogP) is 1.87. The molecule has 0 saturated carbocycles. The Balaban J connectivity index is 2.06. The maximum absolute atomic E-state index is 14.0. The van der Waals surface area contributed by atoms with Crippen LogP contribution in [0.15, 0.2) is 59.8 Å². The van der Waals surface area contributed by atoms with Crippen LogP contribution in [0.3, 0.4) is 0 Å². The van der Waals surface area contributed by atoms with E-state index in [1.54, 1.807) is 37.3 Å². The van der Waals surface area contributed by atoms with Crippen LogP contribution in [0.1, 0.15) is 33.1 Å². The van der Waals surface area contributed by atoms with E-state index in [2.05, 4.69) is 9.97 Å². The van der Waals surface area contributed by atoms with Gasteiger partial charge in [0.2, 0.25) is 0 Å². The third kappa shape index (κ3) is 3.97. The minimum atomic E-state index is -1.30. The van der Waals surface area contributed by atoms with E-state index in [4.69, 9.17) is 5.73 Å². The molecule has 0 amide bonds. The number of carbonyl (C=O) groups is 1. The number of nitrogens with zero attached hydrogens (tertiary/aromatic N) is 4. The molecule has 0 aliphatic heterocycles. The van der Waals surface area contributed by atoms with Crippen molar-refractivity contribution in [1.82, 2.24) is 14.4 Å². The summed E-state index contributed by atoms with van der Waals surface area (Å²) in [5.41, 5.74) is 6.45. The van der Waals surface area contributed by atoms with Crippen LogP contribution in [0.25, 0.3) is 16.6 Å². The fraction of sp³-hybridized carbons (Fsp3) is 0.0870. The van der Waals surface area contributed by atoms with Crippen LogP contribution in [0, 0.1) is 17.1 Å². The number of benzene rings is 1. The second kappa shape index (κ2) is 8.85. The number of halogens is 1. The Bertz CT molecular complexity index is 1500. The van der Waals surface area contributed by atoms with Crippen molar-refractivity contribution in [3.63, 3.8) is 0 Å². The first-order valence-electron chi connectivity index (χ1n) is 9.77. The number of anilines is 1. The molecule has 164 valence electrons. The molecule has 0 aliphatic rings. The van der Waals surface area contributed by atoms with Gasteiger partial charge in [0.05, 0.1) is 0 Å². The van der Waals surface area contributed by atoms with E-state index in [1.165, 1.54) is 12.4 Å². The van der Waals surface area contributed by atoms with Gasteiger partial charge in [-0.05, 0) is 0 Å². The average molecular weight is 505 g/mol. The van der Waals surface area contributed by atoms with Crippen LogP contribution < -0.4 is 15.8 Å². The van der Waals surface area contributed by atoms with E-state index in [-0.39, 0.29) is 28.0 Å². The summed E-state index contributed by atoms with van der Waals surface area (Å²) in [6.45, 7) is 1.80. The maximum atomic E-state index is 14.0. The first-order valence-corrected chi connectivity index (χ1v) is 12.0. The van der Waals surface area contributed by atoms with Crippen molar-refractivity contribution in [2.75, 3.05) is 5.73 Å². The molecule has 10 heteroatoms. The zero-order chi connectivity index (χ0) is 23.7. The number of carboxylic acid groups (broad SMARTS) is 1. The Morgan fingerprint density at radius 2 is 1.97 bits per heavy atom. The number of aromatic nitrogens is 3. The van der Waals surface area contributed by atoms with E-state index in [0.29, 0.717) is 15.6 Å². The fourth-order valence-corrected chi connectivity index (χ4v) is 6.52. The number of nitrogen functional groups attached to an aromatic ring is 1. The molecule has 3 heterocycles. The van der Waals surface area contributed by atoms with Gasteiger partial charge in [-0.25, -0.2) is 0 Å². The van der Waals surface area contributed by atoms with E-state index in [1.807, 2.05) is 6.07 Å². The van der Waals surface area contributed by atoms with Gasteiger partial charge in [0.15, 0.2) is 0 Å². The van der Waals surface area contributed by atoms with Gasteiger partial charge >= 0.3 is 194 Å². The van der Waals surface area contributed by atoms with Crippen molar-refractivity contribution >= 4 is 37.5 Å². The molecule has 0 aliphatic carbocycles. The normalized spacial score (nSPS) is 12.2. The third-order valence-corrected chi connectivity index (χ3v) is 8.07. The molecule has 3 aromatic heterocycles. The first kappa shape index (κ1) is 22.2. The molecule has 4 rings (SSSR count). The number of aromatic carboxylic acids is 1. The minimum absolute atomic E-state index is 0.0502. The van der Waals surface area contributed by atoms with Gasteiger partial charge in [-0.2, -0.15) is 0 Å². The Hall–Kier alpha value is -4.02. The molecule has 0 radical (unpaired) electrons. The quantitative estimate of drug-likeness (QED) is 0.396. The SMILES string of the molecule is C[C@H]([AsH]c1ncnc(N)c1C#N)c1c(-c2ccccc2)c(=O)n2cc(F)ccc2c1C(=O)O. The van der Waals surface area contributed by atoms with Gasteiger partial charge in [0.1, 0.15) is 0 Å². The predicted molar refractivity (Wildman–Crippen MR) is 122 cm³/mol. The fourth-order valence-electron chi connectivity index (χ4n) is 3.78. The van der Waals surface area contributed by atoms with Crippen molar-refractivity contribution in [3.05, 3.63) is 87.9 Å². The van der Waals surface area contributed by atoms with E-state index >= 15 is 0 Å². The van der Waals surface area contributed by atoms with Crippen molar-refractivity contribution in [2.24, 2.45) is 0 Å². The van der Waals surface area contributed by atoms with Crippen LogP contribution in [-0.2, 0) is 0 Å². The molecule has 2 atom stereocenters. The van der Waals surface area contributed by atoms with Gasteiger partial charge in [-0.3, -0.25) is 0 Å². The molecule has 4 aromatic rings. The summed E-state index contributed by atoms with van der Waals surface area (Å²) in [5, 5.41) is 19.7. The second-order valence-corrected chi connectivity index (χ2v) is 10.6. The molecule has 0 fully saturated rings. The van der Waals surface area contributed by atoms with E-state index in [9.17, 15) is 24.3 Å². The van der Waals surface area contributed by atoms with Gasteiger partial charge in [0, 0.05) is 0 Å². The van der Waals surface area contributed by atoms with Crippen LogP contribution in [0.5, 0.6) is 0 Å². The molecular formula is C23H17AsFN5O3. The van der Waals surface area contributed by atoms with Gasteiger partial charge in [-0.1, -0.05) is 0 Å². The van der Waals surface area contributed by atoms with E-state index < -0.39 is 37.8 Å². The molecule has 0 bridgehead atoms. The Labute approximate surface area is 193 Å². The Morgan fingerprint density at radius 3 is 2.64 bits per heavy atom. The van der Waals surface area contributed by atoms with Crippen molar-refractivity contribution < 1.29 is 14.3 Å². The summed E-state index contributed by atoms with van der Waals surface area (Å²) in [5.74, 6) is -1.86. The van der Waals surface area contributed by atoms with Crippen LogP contribution >= 0.6 is 0 Å². The first-order chi connectivity index (χ1) is 15.8. The standard InChI is InChI=1S/C23H17AsFN5O3/c1-12(24-20-15(9-26)21(27)29-11-28-20)17-18(13-5-3-2-4-6-13)22(31)30-10-14(25)7-8-16(30)19(17)23(32)33/h2-8,10-12,24H,1H3,(H,32,33)(H2,27,28,29)/t12-/m0/s1. The molecule has 1 unspecified atom stereocenters. The molecule has 1 aromatic carbocycles. The summed E-state index contributed by atoms with van der Waals surface area (Å²) in [6, 6.07) is 13.1. The Morgan fingerprint density at radius 1 is 1.24 bits per heavy atom.